The maximum absolute atomic E-state index is 2.29. The predicted octanol–water partition coefficient (Wildman–Crippen LogP) is 5.65. The molecule has 0 saturated carbocycles. The molecule has 0 amide bonds. The molecular formula is C26H40N2. The average molecular weight is 381 g/mol. The number of nitrogens with zero attached hydrogens (tertiary/aromatic N) is 2. The van der Waals surface area contributed by atoms with E-state index in [1.807, 2.05) is 27.7 Å². The summed E-state index contributed by atoms with van der Waals surface area (Å²) < 4.78 is 0. The topological polar surface area (TPSA) is 6.48 Å². The normalized spacial score (nSPS) is 14.9. The Morgan fingerprint density at radius 3 is 1.29 bits per heavy atom. The highest BCUT2D eigenvalue weighted by molar-refractivity contribution is 5.76. The monoisotopic (exact) mass is 380 g/mol. The van der Waals surface area contributed by atoms with E-state index < -0.39 is 0 Å². The van der Waals surface area contributed by atoms with Crippen molar-refractivity contribution >= 4 is 22.5 Å². The summed E-state index contributed by atoms with van der Waals surface area (Å²) in [5.74, 6) is 0.641. The minimum absolute atomic E-state index is 0.474. The van der Waals surface area contributed by atoms with Crippen LogP contribution in [0.15, 0.2) is 48.5 Å². The van der Waals surface area contributed by atoms with Crippen molar-refractivity contribution in [2.45, 2.75) is 61.6 Å². The van der Waals surface area contributed by atoms with Crippen LogP contribution in [0.2, 0.25) is 0 Å². The van der Waals surface area contributed by atoms with Crippen LogP contribution in [-0.2, 0) is 0 Å². The van der Waals surface area contributed by atoms with Crippen molar-refractivity contribution in [2.24, 2.45) is 5.92 Å². The Bertz CT molecular complexity index is 796. The number of hydrogen-bond acceptors (Lipinski definition) is 2. The van der Waals surface area contributed by atoms with Crippen molar-refractivity contribution in [1.29, 1.82) is 0 Å². The van der Waals surface area contributed by atoms with Gasteiger partial charge in [-0.05, 0) is 49.3 Å². The molecule has 154 valence electrons. The van der Waals surface area contributed by atoms with Gasteiger partial charge in [0.25, 0.3) is 0 Å². The van der Waals surface area contributed by atoms with Crippen molar-refractivity contribution in [3.8, 4) is 0 Å². The summed E-state index contributed by atoms with van der Waals surface area (Å²) in [6, 6.07) is 17.2. The van der Waals surface area contributed by atoms with Crippen LogP contribution in [0.4, 0.5) is 11.4 Å². The van der Waals surface area contributed by atoms with Gasteiger partial charge in [0.1, 0.15) is 0 Å². The van der Waals surface area contributed by atoms with Crippen molar-refractivity contribution < 1.29 is 0 Å². The summed E-state index contributed by atoms with van der Waals surface area (Å²) in [4.78, 5) is 4.57. The second-order valence-electron chi connectivity index (χ2n) is 6.98. The molecule has 2 aromatic rings. The van der Waals surface area contributed by atoms with Gasteiger partial charge in [0, 0.05) is 14.1 Å². The Morgan fingerprint density at radius 2 is 0.929 bits per heavy atom. The van der Waals surface area contributed by atoms with E-state index in [1.54, 1.807) is 0 Å². The zero-order valence-corrected chi connectivity index (χ0v) is 19.7. The maximum atomic E-state index is 2.29. The molecule has 28 heavy (non-hydrogen) atoms. The molecule has 4 rings (SSSR count). The van der Waals surface area contributed by atoms with Gasteiger partial charge in [0.2, 0.25) is 0 Å². The molecule has 0 aromatic heterocycles. The van der Waals surface area contributed by atoms with E-state index >= 15 is 0 Å². The smallest absolute Gasteiger partial charge is 0.0982 e. The van der Waals surface area contributed by atoms with E-state index in [0.717, 1.165) is 0 Å². The van der Waals surface area contributed by atoms with Crippen molar-refractivity contribution in [1.82, 2.24) is 0 Å². The van der Waals surface area contributed by atoms with Gasteiger partial charge in [-0.25, -0.2) is 0 Å². The Labute approximate surface area is 173 Å². The SMILES string of the molecule is CC.CC.CC1=c2ccccc2=C(C)C1C.CC1N(C)c2ccccc2N1C. The fourth-order valence-corrected chi connectivity index (χ4v) is 3.69. The van der Waals surface area contributed by atoms with Crippen LogP contribution in [-0.4, -0.2) is 20.3 Å². The zero-order valence-electron chi connectivity index (χ0n) is 19.7. The molecule has 0 radical (unpaired) electrons. The summed E-state index contributed by atoms with van der Waals surface area (Å²) in [6.07, 6.45) is 0.474. The minimum atomic E-state index is 0.474. The Kier molecular flexibility index (Phi) is 9.31. The first-order valence-corrected chi connectivity index (χ1v) is 10.7. The fraction of sp³-hybridized carbons (Fsp3) is 0.462. The van der Waals surface area contributed by atoms with Crippen LogP contribution < -0.4 is 20.2 Å². The zero-order chi connectivity index (χ0) is 21.4. The largest absolute Gasteiger partial charge is 0.353 e. The molecule has 0 N–H and O–H groups in total. The van der Waals surface area contributed by atoms with Crippen molar-refractivity contribution in [2.75, 3.05) is 23.9 Å². The lowest BCUT2D eigenvalue weighted by atomic mass is 10.00. The van der Waals surface area contributed by atoms with Gasteiger partial charge in [-0.3, -0.25) is 0 Å². The lowest BCUT2D eigenvalue weighted by Gasteiger charge is -2.23. The van der Waals surface area contributed by atoms with E-state index in [2.05, 4.69) is 100 Å². The minimum Gasteiger partial charge on any atom is -0.353 e. The molecule has 0 unspecified atom stereocenters. The summed E-state index contributed by atoms with van der Waals surface area (Å²) in [5.41, 5.74) is 5.69. The molecule has 1 aliphatic heterocycles. The molecule has 2 aliphatic rings. The highest BCUT2D eigenvalue weighted by atomic mass is 15.4. The summed E-state index contributed by atoms with van der Waals surface area (Å²) >= 11 is 0. The molecule has 1 heterocycles. The number of fused-ring (bicyclic) bond motifs is 2. The van der Waals surface area contributed by atoms with E-state index in [0.29, 0.717) is 12.1 Å². The van der Waals surface area contributed by atoms with Crippen molar-refractivity contribution in [3.05, 3.63) is 59.0 Å². The van der Waals surface area contributed by atoms with Gasteiger partial charge in [-0.2, -0.15) is 0 Å². The summed E-state index contributed by atoms with van der Waals surface area (Å²) in [6.45, 7) is 17.0. The fourth-order valence-electron chi connectivity index (χ4n) is 3.69. The van der Waals surface area contributed by atoms with E-state index in [-0.39, 0.29) is 0 Å². The van der Waals surface area contributed by atoms with Gasteiger partial charge in [-0.15, -0.1) is 0 Å². The lowest BCUT2D eigenvalue weighted by molar-refractivity contribution is 0.710. The molecule has 0 saturated heterocycles. The summed E-state index contributed by atoms with van der Waals surface area (Å²) in [5, 5.41) is 2.89. The second kappa shape index (κ2) is 10.9. The molecule has 0 bridgehead atoms. The average Bonchev–Trinajstić information content (AvgIpc) is 3.12. The number of benzene rings is 2. The van der Waals surface area contributed by atoms with Crippen LogP contribution in [0, 0.1) is 5.92 Å². The number of hydrogen-bond donors (Lipinski definition) is 0. The number of para-hydroxylation sites is 2. The molecule has 0 atom stereocenters. The first kappa shape index (κ1) is 23.8. The Balaban J connectivity index is 0.000000238. The van der Waals surface area contributed by atoms with Crippen LogP contribution in [0.5, 0.6) is 0 Å². The third-order valence-corrected chi connectivity index (χ3v) is 5.84. The molecule has 2 nitrogen and oxygen atoms in total. The van der Waals surface area contributed by atoms with E-state index in [9.17, 15) is 0 Å². The first-order chi connectivity index (χ1) is 13.4. The molecule has 0 spiro atoms. The molecule has 1 aliphatic carbocycles. The Hall–Kier alpha value is -2.22. The molecule has 0 fully saturated rings. The first-order valence-electron chi connectivity index (χ1n) is 10.7. The molecular weight excluding hydrogens is 340 g/mol. The van der Waals surface area contributed by atoms with Gasteiger partial charge in [0.15, 0.2) is 0 Å². The maximum Gasteiger partial charge on any atom is 0.0982 e. The quantitative estimate of drug-likeness (QED) is 0.583. The summed E-state index contributed by atoms with van der Waals surface area (Å²) in [7, 11) is 4.26. The second-order valence-corrected chi connectivity index (χ2v) is 6.98. The van der Waals surface area contributed by atoms with Crippen LogP contribution in [0.1, 0.15) is 55.4 Å². The van der Waals surface area contributed by atoms with Gasteiger partial charge in [0.05, 0.1) is 17.5 Å². The lowest BCUT2D eigenvalue weighted by Crippen LogP contribution is -2.35. The molecule has 2 heteroatoms. The predicted molar refractivity (Wildman–Crippen MR) is 128 cm³/mol. The van der Waals surface area contributed by atoms with Gasteiger partial charge < -0.3 is 9.80 Å². The molecule has 2 aromatic carbocycles. The standard InChI is InChI=1S/C12H14.C10H14N2.2C2H6/c1-8-9(2)11-6-4-5-7-12(11)10(8)3;1-8-11(2)9-6-4-5-7-10(9)12(8)3;2*1-2/h2*4-8H,1-3H3;2*1-2H3. The Morgan fingerprint density at radius 1 is 0.607 bits per heavy atom. The highest BCUT2D eigenvalue weighted by Crippen LogP contribution is 2.36. The van der Waals surface area contributed by atoms with E-state index in [1.165, 1.54) is 33.0 Å². The van der Waals surface area contributed by atoms with E-state index in [4.69, 9.17) is 0 Å². The van der Waals surface area contributed by atoms with Crippen molar-refractivity contribution in [3.63, 3.8) is 0 Å². The highest BCUT2D eigenvalue weighted by Gasteiger charge is 2.26. The van der Waals surface area contributed by atoms with Gasteiger partial charge >= 0.3 is 0 Å². The third-order valence-electron chi connectivity index (χ3n) is 5.84. The van der Waals surface area contributed by atoms with Gasteiger partial charge in [-0.1, -0.05) is 82.2 Å². The number of rotatable bonds is 0. The third kappa shape index (κ3) is 4.60. The van der Waals surface area contributed by atoms with Crippen LogP contribution >= 0.6 is 0 Å². The van der Waals surface area contributed by atoms with Crippen LogP contribution in [0.25, 0.3) is 11.1 Å². The van der Waals surface area contributed by atoms with Crippen LogP contribution in [0.3, 0.4) is 0 Å². The number of anilines is 2.